The van der Waals surface area contributed by atoms with Gasteiger partial charge in [-0.15, -0.1) is 0 Å². The van der Waals surface area contributed by atoms with Gasteiger partial charge < -0.3 is 4.74 Å². The average Bonchev–Trinajstić information content (AvgIpc) is 2.85. The highest BCUT2D eigenvalue weighted by Gasteiger charge is 2.28. The summed E-state index contributed by atoms with van der Waals surface area (Å²) in [4.78, 5) is 12.0. The van der Waals surface area contributed by atoms with Crippen molar-refractivity contribution in [2.75, 3.05) is 0 Å². The minimum atomic E-state index is -4.22. The van der Waals surface area contributed by atoms with E-state index in [1.807, 2.05) is 6.92 Å². The summed E-state index contributed by atoms with van der Waals surface area (Å²) in [6, 6.07) is 25.3. The average molecular weight is 493 g/mol. The van der Waals surface area contributed by atoms with Gasteiger partial charge in [-0.2, -0.15) is 0 Å². The first-order valence-corrected chi connectivity index (χ1v) is 13.2. The van der Waals surface area contributed by atoms with Crippen LogP contribution in [0.1, 0.15) is 15.9 Å². The molecule has 4 rings (SSSR count). The van der Waals surface area contributed by atoms with Gasteiger partial charge >= 0.3 is 5.97 Å². The van der Waals surface area contributed by atoms with Crippen LogP contribution in [-0.2, 0) is 19.7 Å². The van der Waals surface area contributed by atoms with Gasteiger partial charge in [0.1, 0.15) is 10.6 Å². The number of rotatable bonds is 6. The van der Waals surface area contributed by atoms with Crippen molar-refractivity contribution in [1.82, 2.24) is 0 Å². The van der Waals surface area contributed by atoms with Crippen molar-refractivity contribution in [2.45, 2.75) is 26.5 Å². The monoisotopic (exact) mass is 492 g/mol. The second kappa shape index (κ2) is 9.24. The third kappa shape index (κ3) is 4.64. The smallest absolute Gasteiger partial charge is 0.343 e. The zero-order valence-corrected chi connectivity index (χ0v) is 19.7. The number of benzene rings is 4. The maximum atomic E-state index is 13.5. The molecular weight excluding hydrogens is 472 g/mol. The summed E-state index contributed by atoms with van der Waals surface area (Å²) < 4.78 is 58.7. The summed E-state index contributed by atoms with van der Waals surface area (Å²) in [6.07, 6.45) is 0. The van der Waals surface area contributed by atoms with E-state index in [4.69, 9.17) is 4.74 Å². The summed E-state index contributed by atoms with van der Waals surface area (Å²) in [5, 5.41) is 0. The highest BCUT2D eigenvalue weighted by Crippen LogP contribution is 2.34. The van der Waals surface area contributed by atoms with Crippen LogP contribution in [0.3, 0.4) is 0 Å². The molecule has 0 aliphatic rings. The third-order valence-corrected chi connectivity index (χ3v) is 8.67. The predicted octanol–water partition coefficient (Wildman–Crippen LogP) is 4.88. The molecular formula is C26H20O6S2. The van der Waals surface area contributed by atoms with Gasteiger partial charge in [0.05, 0.1) is 20.2 Å². The second-order valence-electron chi connectivity index (χ2n) is 7.50. The van der Waals surface area contributed by atoms with E-state index in [0.29, 0.717) is 0 Å². The lowest BCUT2D eigenvalue weighted by Crippen LogP contribution is -2.13. The Morgan fingerprint density at radius 1 is 0.618 bits per heavy atom. The van der Waals surface area contributed by atoms with Crippen LogP contribution < -0.4 is 4.74 Å². The Balaban J connectivity index is 1.86. The van der Waals surface area contributed by atoms with Crippen LogP contribution in [0.25, 0.3) is 0 Å². The molecule has 0 aliphatic carbocycles. The van der Waals surface area contributed by atoms with E-state index in [1.165, 1.54) is 48.5 Å². The molecule has 4 aromatic rings. The fourth-order valence-electron chi connectivity index (χ4n) is 3.26. The molecule has 0 radical (unpaired) electrons. The van der Waals surface area contributed by atoms with Gasteiger partial charge in [-0.05, 0) is 61.5 Å². The van der Waals surface area contributed by atoms with Crippen molar-refractivity contribution in [3.63, 3.8) is 0 Å². The summed E-state index contributed by atoms with van der Waals surface area (Å²) in [7, 11) is -8.23. The molecule has 0 saturated carbocycles. The Hall–Kier alpha value is -3.75. The molecule has 8 heteroatoms. The maximum Gasteiger partial charge on any atom is 0.343 e. The summed E-state index contributed by atoms with van der Waals surface area (Å²) in [5.74, 6) is -1.03. The first kappa shape index (κ1) is 23.4. The van der Waals surface area contributed by atoms with Gasteiger partial charge in [-0.1, -0.05) is 54.1 Å². The van der Waals surface area contributed by atoms with Crippen LogP contribution >= 0.6 is 0 Å². The van der Waals surface area contributed by atoms with Crippen LogP contribution in [0.15, 0.2) is 123 Å². The molecule has 0 bridgehead atoms. The zero-order valence-electron chi connectivity index (χ0n) is 18.1. The van der Waals surface area contributed by atoms with Gasteiger partial charge in [-0.25, -0.2) is 21.6 Å². The van der Waals surface area contributed by atoms with E-state index in [0.717, 1.165) is 11.6 Å². The minimum Gasteiger partial charge on any atom is -0.422 e. The van der Waals surface area contributed by atoms with Gasteiger partial charge in [-0.3, -0.25) is 0 Å². The largest absolute Gasteiger partial charge is 0.422 e. The quantitative estimate of drug-likeness (QED) is 0.281. The van der Waals surface area contributed by atoms with E-state index in [1.54, 1.807) is 48.5 Å². The Morgan fingerprint density at radius 3 is 1.76 bits per heavy atom. The van der Waals surface area contributed by atoms with Crippen LogP contribution in [0.4, 0.5) is 0 Å². The third-order valence-electron chi connectivity index (χ3n) is 5.11. The molecule has 0 fully saturated rings. The predicted molar refractivity (Wildman–Crippen MR) is 126 cm³/mol. The number of carbonyl (C=O) groups is 1. The van der Waals surface area contributed by atoms with Crippen molar-refractivity contribution < 1.29 is 26.4 Å². The molecule has 172 valence electrons. The summed E-state index contributed by atoms with van der Waals surface area (Å²) in [6.45, 7) is 1.82. The Labute approximate surface area is 198 Å². The number of carbonyl (C=O) groups excluding carboxylic acids is 1. The lowest BCUT2D eigenvalue weighted by molar-refractivity contribution is 0.0730. The van der Waals surface area contributed by atoms with Gasteiger partial charge in [0.15, 0.2) is 0 Å². The second-order valence-corrected chi connectivity index (χ2v) is 11.4. The van der Waals surface area contributed by atoms with Gasteiger partial charge in [0.2, 0.25) is 19.7 Å². The molecule has 4 aromatic carbocycles. The SMILES string of the molecule is Cc1ccc(S(=O)(=O)c2cc(S(=O)(=O)c3ccccc3)ccc2OC(=O)c2ccccc2)cc1. The fourth-order valence-corrected chi connectivity index (χ4v) is 6.05. The summed E-state index contributed by atoms with van der Waals surface area (Å²) >= 11 is 0. The number of hydrogen-bond acceptors (Lipinski definition) is 6. The van der Waals surface area contributed by atoms with Crippen LogP contribution in [-0.4, -0.2) is 22.8 Å². The van der Waals surface area contributed by atoms with Crippen LogP contribution in [0.5, 0.6) is 5.75 Å². The molecule has 0 N–H and O–H groups in total. The fraction of sp³-hybridized carbons (Fsp3) is 0.0385. The molecule has 0 aliphatic heterocycles. The molecule has 0 amide bonds. The lowest BCUT2D eigenvalue weighted by Gasteiger charge is -2.14. The van der Waals surface area contributed by atoms with E-state index in [-0.39, 0.29) is 26.0 Å². The molecule has 34 heavy (non-hydrogen) atoms. The van der Waals surface area contributed by atoms with E-state index in [2.05, 4.69) is 0 Å². The molecule has 0 spiro atoms. The molecule has 0 atom stereocenters. The van der Waals surface area contributed by atoms with Crippen molar-refractivity contribution in [1.29, 1.82) is 0 Å². The standard InChI is InChI=1S/C26H20O6S2/c1-19-12-14-22(15-13-19)34(30,31)25-18-23(33(28,29)21-10-6-3-7-11-21)16-17-24(25)32-26(27)20-8-4-2-5-9-20/h2-18H,1H3. The van der Waals surface area contributed by atoms with Crippen molar-refractivity contribution >= 4 is 25.6 Å². The molecule has 0 saturated heterocycles. The maximum absolute atomic E-state index is 13.5. The molecule has 0 unspecified atom stereocenters. The minimum absolute atomic E-state index is 0.0164. The Morgan fingerprint density at radius 2 is 1.15 bits per heavy atom. The Bertz CT molecular complexity index is 1540. The zero-order chi connectivity index (χ0) is 24.3. The number of esters is 1. The molecule has 6 nitrogen and oxygen atoms in total. The number of aryl methyl sites for hydroxylation is 1. The Kier molecular flexibility index (Phi) is 6.37. The highest BCUT2D eigenvalue weighted by molar-refractivity contribution is 7.92. The number of sulfone groups is 2. The molecule has 0 aromatic heterocycles. The number of hydrogen-bond donors (Lipinski definition) is 0. The van der Waals surface area contributed by atoms with E-state index in [9.17, 15) is 21.6 Å². The van der Waals surface area contributed by atoms with Gasteiger partial charge in [0.25, 0.3) is 0 Å². The van der Waals surface area contributed by atoms with Crippen molar-refractivity contribution in [2.24, 2.45) is 0 Å². The first-order valence-electron chi connectivity index (χ1n) is 10.2. The van der Waals surface area contributed by atoms with E-state index < -0.39 is 30.5 Å². The van der Waals surface area contributed by atoms with E-state index >= 15 is 0 Å². The van der Waals surface area contributed by atoms with Crippen LogP contribution in [0.2, 0.25) is 0 Å². The number of ether oxygens (including phenoxy) is 1. The lowest BCUT2D eigenvalue weighted by atomic mass is 10.2. The van der Waals surface area contributed by atoms with Crippen molar-refractivity contribution in [3.05, 3.63) is 114 Å². The van der Waals surface area contributed by atoms with Crippen LogP contribution in [0, 0.1) is 6.92 Å². The highest BCUT2D eigenvalue weighted by atomic mass is 32.2. The first-order chi connectivity index (χ1) is 16.2. The molecule has 0 heterocycles. The summed E-state index contributed by atoms with van der Waals surface area (Å²) in [5.41, 5.74) is 1.08. The van der Waals surface area contributed by atoms with Gasteiger partial charge in [0, 0.05) is 0 Å². The normalized spacial score (nSPS) is 11.7. The van der Waals surface area contributed by atoms with Crippen molar-refractivity contribution in [3.8, 4) is 5.75 Å². The topological polar surface area (TPSA) is 94.6 Å².